The van der Waals surface area contributed by atoms with Crippen molar-refractivity contribution in [1.29, 1.82) is 0 Å². The Morgan fingerprint density at radius 1 is 1.04 bits per heavy atom. The molecule has 0 spiro atoms. The van der Waals surface area contributed by atoms with Crippen LogP contribution in [0, 0.1) is 0 Å². The largest absolute Gasteiger partial charge is 0.369 e. The third kappa shape index (κ3) is 7.33. The molecule has 1 heterocycles. The maximum absolute atomic E-state index is 12.3. The first-order valence-electron chi connectivity index (χ1n) is 10.4. The molecule has 1 aliphatic heterocycles. The van der Waals surface area contributed by atoms with Crippen LogP contribution in [0.5, 0.6) is 0 Å². The number of carbonyl (C=O) groups is 2. The van der Waals surface area contributed by atoms with Crippen LogP contribution in [0.3, 0.4) is 0 Å². The summed E-state index contributed by atoms with van der Waals surface area (Å²) in [7, 11) is 0. The highest BCUT2D eigenvalue weighted by Crippen LogP contribution is 2.17. The molecule has 5 heteroatoms. The number of ketones is 1. The van der Waals surface area contributed by atoms with Crippen LogP contribution in [-0.4, -0.2) is 55.4 Å². The zero-order valence-corrected chi connectivity index (χ0v) is 17.2. The second-order valence-electron chi connectivity index (χ2n) is 7.68. The number of nitrogens with zero attached hydrogens (tertiary/aromatic N) is 2. The van der Waals surface area contributed by atoms with Gasteiger partial charge in [-0.1, -0.05) is 32.6 Å². The normalized spacial score (nSPS) is 16.2. The third-order valence-corrected chi connectivity index (χ3v) is 5.28. The van der Waals surface area contributed by atoms with E-state index in [-0.39, 0.29) is 17.7 Å². The Labute approximate surface area is 164 Å². The predicted octanol–water partition coefficient (Wildman–Crippen LogP) is 3.49. The molecule has 0 saturated carbocycles. The number of piperazine rings is 1. The van der Waals surface area contributed by atoms with Crippen molar-refractivity contribution in [3.05, 3.63) is 29.8 Å². The highest BCUT2D eigenvalue weighted by Gasteiger charge is 2.20. The molecule has 0 unspecified atom stereocenters. The lowest BCUT2D eigenvalue weighted by Gasteiger charge is -2.36. The fraction of sp³-hybridized carbons (Fsp3) is 0.636. The van der Waals surface area contributed by atoms with Crippen LogP contribution in [0.1, 0.15) is 63.2 Å². The third-order valence-electron chi connectivity index (χ3n) is 5.28. The molecular formula is C22H35N3O2. The van der Waals surface area contributed by atoms with Crippen LogP contribution in [0.2, 0.25) is 0 Å². The van der Waals surface area contributed by atoms with Crippen molar-refractivity contribution in [1.82, 2.24) is 10.2 Å². The molecule has 1 saturated heterocycles. The molecule has 1 aromatic rings. The molecule has 1 atom stereocenters. The molecule has 1 aliphatic rings. The van der Waals surface area contributed by atoms with E-state index in [0.29, 0.717) is 6.54 Å². The minimum absolute atomic E-state index is 0.0944. The van der Waals surface area contributed by atoms with Gasteiger partial charge in [0.2, 0.25) is 5.91 Å². The Kier molecular flexibility index (Phi) is 8.79. The van der Waals surface area contributed by atoms with Gasteiger partial charge in [0.15, 0.2) is 5.78 Å². The van der Waals surface area contributed by atoms with Gasteiger partial charge in [-0.2, -0.15) is 0 Å². The highest BCUT2D eigenvalue weighted by atomic mass is 16.2. The Morgan fingerprint density at radius 3 is 2.30 bits per heavy atom. The van der Waals surface area contributed by atoms with Crippen molar-refractivity contribution in [3.8, 4) is 0 Å². The summed E-state index contributed by atoms with van der Waals surface area (Å²) in [6, 6.07) is 8.06. The smallest absolute Gasteiger partial charge is 0.234 e. The summed E-state index contributed by atoms with van der Waals surface area (Å²) >= 11 is 0. The van der Waals surface area contributed by atoms with Crippen LogP contribution >= 0.6 is 0 Å². The Morgan fingerprint density at radius 2 is 1.70 bits per heavy atom. The molecule has 1 fully saturated rings. The van der Waals surface area contributed by atoms with Gasteiger partial charge < -0.3 is 10.2 Å². The molecule has 150 valence electrons. The Hall–Kier alpha value is -1.88. The number of hydrogen-bond donors (Lipinski definition) is 1. The van der Waals surface area contributed by atoms with Crippen molar-refractivity contribution in [3.63, 3.8) is 0 Å². The summed E-state index contributed by atoms with van der Waals surface area (Å²) in [5.74, 6) is 0.231. The maximum Gasteiger partial charge on any atom is 0.234 e. The van der Waals surface area contributed by atoms with Gasteiger partial charge in [-0.25, -0.2) is 0 Å². The zero-order valence-electron chi connectivity index (χ0n) is 17.2. The number of benzene rings is 1. The number of amides is 1. The Bertz CT molecular complexity index is 592. The highest BCUT2D eigenvalue weighted by molar-refractivity contribution is 5.94. The number of hydrogen-bond acceptors (Lipinski definition) is 4. The van der Waals surface area contributed by atoms with E-state index >= 15 is 0 Å². The first-order valence-corrected chi connectivity index (χ1v) is 10.4. The van der Waals surface area contributed by atoms with E-state index in [1.54, 1.807) is 6.92 Å². The predicted molar refractivity (Wildman–Crippen MR) is 111 cm³/mol. The average Bonchev–Trinajstić information content (AvgIpc) is 2.66. The first-order chi connectivity index (χ1) is 13.0. The van der Waals surface area contributed by atoms with Gasteiger partial charge >= 0.3 is 0 Å². The molecule has 1 N–H and O–H groups in total. The molecular weight excluding hydrogens is 338 g/mol. The van der Waals surface area contributed by atoms with E-state index in [4.69, 9.17) is 0 Å². The van der Waals surface area contributed by atoms with Crippen LogP contribution in [0.25, 0.3) is 0 Å². The fourth-order valence-corrected chi connectivity index (χ4v) is 3.54. The van der Waals surface area contributed by atoms with Gasteiger partial charge in [0.25, 0.3) is 0 Å². The van der Waals surface area contributed by atoms with Crippen molar-refractivity contribution in [2.24, 2.45) is 0 Å². The maximum atomic E-state index is 12.3. The van der Waals surface area contributed by atoms with E-state index in [9.17, 15) is 9.59 Å². The number of unbranched alkanes of at least 4 members (excludes halogenated alkanes) is 3. The van der Waals surface area contributed by atoms with Gasteiger partial charge in [-0.3, -0.25) is 14.5 Å². The minimum Gasteiger partial charge on any atom is -0.369 e. The van der Waals surface area contributed by atoms with Gasteiger partial charge in [-0.15, -0.1) is 0 Å². The van der Waals surface area contributed by atoms with Crippen LogP contribution in [0.4, 0.5) is 5.69 Å². The molecule has 5 nitrogen and oxygen atoms in total. The monoisotopic (exact) mass is 373 g/mol. The summed E-state index contributed by atoms with van der Waals surface area (Å²) in [5.41, 5.74) is 1.89. The molecule has 0 bridgehead atoms. The van der Waals surface area contributed by atoms with Crippen LogP contribution in [-0.2, 0) is 4.79 Å². The molecule has 0 aromatic heterocycles. The molecule has 27 heavy (non-hydrogen) atoms. The number of carbonyl (C=O) groups excluding carboxylic acids is 2. The molecule has 1 amide bonds. The van der Waals surface area contributed by atoms with Crippen molar-refractivity contribution in [2.75, 3.05) is 37.6 Å². The summed E-state index contributed by atoms with van der Waals surface area (Å²) < 4.78 is 0. The van der Waals surface area contributed by atoms with Crippen LogP contribution in [0.15, 0.2) is 24.3 Å². The van der Waals surface area contributed by atoms with E-state index in [1.165, 1.54) is 25.7 Å². The Balaban J connectivity index is 1.69. The molecule has 0 aliphatic carbocycles. The lowest BCUT2D eigenvalue weighted by molar-refractivity contribution is -0.123. The van der Waals surface area contributed by atoms with Crippen molar-refractivity contribution < 1.29 is 9.59 Å². The van der Waals surface area contributed by atoms with E-state index in [0.717, 1.165) is 43.9 Å². The lowest BCUT2D eigenvalue weighted by atomic mass is 10.1. The van der Waals surface area contributed by atoms with Gasteiger partial charge in [-0.05, 0) is 44.5 Å². The number of Topliss-reactive ketones (excluding diaryl/α,β-unsaturated/α-hetero) is 1. The number of anilines is 1. The summed E-state index contributed by atoms with van der Waals surface area (Å²) in [6.45, 7) is 9.96. The number of nitrogens with one attached hydrogen (secondary N) is 1. The van der Waals surface area contributed by atoms with Crippen molar-refractivity contribution >= 4 is 17.4 Å². The topological polar surface area (TPSA) is 52.7 Å². The summed E-state index contributed by atoms with van der Waals surface area (Å²) in [6.07, 6.45) is 6.04. The zero-order chi connectivity index (χ0) is 19.6. The number of rotatable bonds is 10. The summed E-state index contributed by atoms with van der Waals surface area (Å²) in [4.78, 5) is 28.2. The average molecular weight is 374 g/mol. The van der Waals surface area contributed by atoms with E-state index in [1.807, 2.05) is 24.3 Å². The van der Waals surface area contributed by atoms with Gasteiger partial charge in [0, 0.05) is 43.5 Å². The van der Waals surface area contributed by atoms with Gasteiger partial charge in [0.05, 0.1) is 6.54 Å². The molecule has 2 rings (SSSR count). The van der Waals surface area contributed by atoms with Gasteiger partial charge in [0.1, 0.15) is 0 Å². The van der Waals surface area contributed by atoms with Crippen LogP contribution < -0.4 is 10.2 Å². The second-order valence-corrected chi connectivity index (χ2v) is 7.68. The SMILES string of the molecule is CCCCCC[C@H](C)NC(=O)CN1CCN(c2ccc(C(C)=O)cc2)CC1. The minimum atomic E-state index is 0.0944. The first kappa shape index (κ1) is 21.4. The molecule has 1 aromatic carbocycles. The summed E-state index contributed by atoms with van der Waals surface area (Å²) in [5, 5.41) is 3.14. The molecule has 0 radical (unpaired) electrons. The van der Waals surface area contributed by atoms with E-state index < -0.39 is 0 Å². The van der Waals surface area contributed by atoms with Crippen molar-refractivity contribution in [2.45, 2.75) is 58.9 Å². The quantitative estimate of drug-likeness (QED) is 0.504. The fourth-order valence-electron chi connectivity index (χ4n) is 3.54. The standard InChI is InChI=1S/C22H35N3O2/c1-4-5-6-7-8-18(2)23-22(27)17-24-13-15-25(16-14-24)21-11-9-20(10-12-21)19(3)26/h9-12,18H,4-8,13-17H2,1-3H3,(H,23,27)/t18-/m0/s1. The van der Waals surface area contributed by atoms with E-state index in [2.05, 4.69) is 29.0 Å². The second kappa shape index (κ2) is 11.1. The lowest BCUT2D eigenvalue weighted by Crippen LogP contribution is -2.50.